The maximum absolute atomic E-state index is 12.2. The summed E-state index contributed by atoms with van der Waals surface area (Å²) >= 11 is 3.36. The molecule has 0 aliphatic rings. The zero-order valence-corrected chi connectivity index (χ0v) is 17.7. The number of nitrogens with one attached hydrogen (secondary N) is 1. The second-order valence-electron chi connectivity index (χ2n) is 6.06. The highest BCUT2D eigenvalue weighted by Crippen LogP contribution is 2.24. The quantitative estimate of drug-likeness (QED) is 0.433. The molecule has 0 spiro atoms. The number of aromatic amines is 1. The second kappa shape index (κ2) is 9.36. The molecule has 0 saturated carbocycles. The first-order chi connectivity index (χ1) is 14.4. The van der Waals surface area contributed by atoms with Gasteiger partial charge in [0.05, 0.1) is 30.7 Å². The van der Waals surface area contributed by atoms with Crippen molar-refractivity contribution in [1.29, 1.82) is 0 Å². The van der Waals surface area contributed by atoms with Crippen LogP contribution in [0.5, 0.6) is 5.75 Å². The van der Waals surface area contributed by atoms with Crippen LogP contribution in [0.1, 0.15) is 21.7 Å². The molecule has 30 heavy (non-hydrogen) atoms. The van der Waals surface area contributed by atoms with Gasteiger partial charge in [-0.1, -0.05) is 15.9 Å². The topological polar surface area (TPSA) is 108 Å². The number of rotatable bonds is 6. The van der Waals surface area contributed by atoms with E-state index in [-0.39, 0.29) is 18.0 Å². The number of benzene rings is 2. The molecule has 0 amide bonds. The molecule has 0 radical (unpaired) electrons. The number of hydrogen-bond donors (Lipinski definition) is 1. The van der Waals surface area contributed by atoms with Gasteiger partial charge < -0.3 is 19.2 Å². The van der Waals surface area contributed by atoms with Gasteiger partial charge in [0.15, 0.2) is 0 Å². The third-order valence-electron chi connectivity index (χ3n) is 4.12. The molecule has 1 heterocycles. The lowest BCUT2D eigenvalue weighted by Crippen LogP contribution is -2.14. The van der Waals surface area contributed by atoms with Crippen LogP contribution in [0.4, 0.5) is 0 Å². The number of methoxy groups -OCH3 is 2. The van der Waals surface area contributed by atoms with Gasteiger partial charge in [-0.15, -0.1) is 0 Å². The zero-order valence-electron chi connectivity index (χ0n) is 16.1. The highest BCUT2D eigenvalue weighted by molar-refractivity contribution is 9.10. The van der Waals surface area contributed by atoms with E-state index >= 15 is 0 Å². The molecule has 0 fully saturated rings. The van der Waals surface area contributed by atoms with Crippen LogP contribution in [-0.4, -0.2) is 36.1 Å². The van der Waals surface area contributed by atoms with E-state index in [1.165, 1.54) is 38.5 Å². The van der Waals surface area contributed by atoms with Crippen molar-refractivity contribution >= 4 is 44.8 Å². The summed E-state index contributed by atoms with van der Waals surface area (Å²) in [5.41, 5.74) is 0.840. The Morgan fingerprint density at radius 3 is 2.70 bits per heavy atom. The SMILES string of the molecule is COC(=O)c1ccc2c(=O)[nH]c(COC(=O)C=Cc3cc(Br)ccc3OC)nc2c1. The molecule has 3 aromatic rings. The van der Waals surface area contributed by atoms with Crippen molar-refractivity contribution in [3.8, 4) is 5.75 Å². The van der Waals surface area contributed by atoms with Crippen LogP contribution in [0.2, 0.25) is 0 Å². The fourth-order valence-electron chi connectivity index (χ4n) is 2.68. The summed E-state index contributed by atoms with van der Waals surface area (Å²) in [5.74, 6) is -0.413. The first-order valence-corrected chi connectivity index (χ1v) is 9.50. The number of ether oxygens (including phenoxy) is 3. The van der Waals surface area contributed by atoms with Crippen molar-refractivity contribution in [2.75, 3.05) is 14.2 Å². The van der Waals surface area contributed by atoms with E-state index in [0.717, 1.165) is 4.47 Å². The number of H-pyrrole nitrogens is 1. The maximum Gasteiger partial charge on any atom is 0.337 e. The van der Waals surface area contributed by atoms with Crippen LogP contribution in [0, 0.1) is 0 Å². The van der Waals surface area contributed by atoms with Gasteiger partial charge in [-0.2, -0.15) is 0 Å². The van der Waals surface area contributed by atoms with Crippen LogP contribution in [0.25, 0.3) is 17.0 Å². The molecule has 0 atom stereocenters. The third-order valence-corrected chi connectivity index (χ3v) is 4.61. The Morgan fingerprint density at radius 1 is 1.17 bits per heavy atom. The number of carbonyl (C=O) groups excluding carboxylic acids is 2. The van der Waals surface area contributed by atoms with Crippen molar-refractivity contribution in [2.24, 2.45) is 0 Å². The minimum atomic E-state index is -0.622. The normalized spacial score (nSPS) is 10.9. The summed E-state index contributed by atoms with van der Waals surface area (Å²) < 4.78 is 15.9. The number of carbonyl (C=O) groups is 2. The Balaban J connectivity index is 1.75. The number of fused-ring (bicyclic) bond motifs is 1. The fourth-order valence-corrected chi connectivity index (χ4v) is 3.06. The molecule has 3 rings (SSSR count). The molecular weight excluding hydrogens is 456 g/mol. The van der Waals surface area contributed by atoms with E-state index in [0.29, 0.717) is 22.2 Å². The Bertz CT molecular complexity index is 1200. The number of esters is 2. The number of nitrogens with zero attached hydrogens (tertiary/aromatic N) is 1. The van der Waals surface area contributed by atoms with Gasteiger partial charge in [0, 0.05) is 16.1 Å². The predicted octanol–water partition coefficient (Wildman–Crippen LogP) is 3.24. The molecule has 0 saturated heterocycles. The van der Waals surface area contributed by atoms with Crippen molar-refractivity contribution in [3.05, 3.63) is 74.3 Å². The zero-order chi connectivity index (χ0) is 21.7. The van der Waals surface area contributed by atoms with E-state index in [1.807, 2.05) is 6.07 Å². The molecule has 1 N–H and O–H groups in total. The van der Waals surface area contributed by atoms with E-state index in [2.05, 4.69) is 30.6 Å². The van der Waals surface area contributed by atoms with Gasteiger partial charge >= 0.3 is 11.9 Å². The van der Waals surface area contributed by atoms with Crippen LogP contribution in [0.3, 0.4) is 0 Å². The van der Waals surface area contributed by atoms with Crippen LogP contribution >= 0.6 is 15.9 Å². The first kappa shape index (κ1) is 21.3. The molecule has 8 nitrogen and oxygen atoms in total. The van der Waals surface area contributed by atoms with Crippen LogP contribution in [-0.2, 0) is 20.9 Å². The second-order valence-corrected chi connectivity index (χ2v) is 6.98. The van der Waals surface area contributed by atoms with Crippen molar-refractivity contribution in [3.63, 3.8) is 0 Å². The summed E-state index contributed by atoms with van der Waals surface area (Å²) in [7, 11) is 2.80. The summed E-state index contributed by atoms with van der Waals surface area (Å²) in [4.78, 5) is 42.8. The largest absolute Gasteiger partial charge is 0.496 e. The van der Waals surface area contributed by atoms with E-state index in [9.17, 15) is 14.4 Å². The highest BCUT2D eigenvalue weighted by Gasteiger charge is 2.11. The molecule has 9 heteroatoms. The summed E-state index contributed by atoms with van der Waals surface area (Å²) in [6, 6.07) is 9.79. The fraction of sp³-hybridized carbons (Fsp3) is 0.143. The van der Waals surface area contributed by atoms with E-state index in [4.69, 9.17) is 9.47 Å². The molecule has 0 bridgehead atoms. The van der Waals surface area contributed by atoms with Crippen LogP contribution < -0.4 is 10.3 Å². The smallest absolute Gasteiger partial charge is 0.337 e. The summed E-state index contributed by atoms with van der Waals surface area (Å²) in [6.07, 6.45) is 2.81. The van der Waals surface area contributed by atoms with E-state index in [1.54, 1.807) is 18.2 Å². The average Bonchev–Trinajstić information content (AvgIpc) is 2.75. The number of aromatic nitrogens is 2. The van der Waals surface area contributed by atoms with Crippen molar-refractivity contribution in [2.45, 2.75) is 6.61 Å². The maximum atomic E-state index is 12.2. The number of halogens is 1. The lowest BCUT2D eigenvalue weighted by molar-refractivity contribution is -0.139. The molecule has 0 aliphatic carbocycles. The molecule has 2 aromatic carbocycles. The molecule has 1 aromatic heterocycles. The number of hydrogen-bond acceptors (Lipinski definition) is 7. The van der Waals surface area contributed by atoms with Crippen molar-refractivity contribution in [1.82, 2.24) is 9.97 Å². The first-order valence-electron chi connectivity index (χ1n) is 8.71. The van der Waals surface area contributed by atoms with Gasteiger partial charge in [-0.05, 0) is 42.5 Å². The lowest BCUT2D eigenvalue weighted by atomic mass is 10.1. The lowest BCUT2D eigenvalue weighted by Gasteiger charge is -2.06. The third kappa shape index (κ3) is 4.93. The van der Waals surface area contributed by atoms with Gasteiger partial charge in [-0.25, -0.2) is 14.6 Å². The summed E-state index contributed by atoms with van der Waals surface area (Å²) in [5, 5.41) is 0.305. The van der Waals surface area contributed by atoms with Gasteiger partial charge in [0.25, 0.3) is 5.56 Å². The molecular formula is C21H17BrN2O6. The summed E-state index contributed by atoms with van der Waals surface area (Å²) in [6.45, 7) is -0.244. The monoisotopic (exact) mass is 472 g/mol. The van der Waals surface area contributed by atoms with Crippen LogP contribution in [0.15, 0.2) is 51.7 Å². The van der Waals surface area contributed by atoms with Gasteiger partial charge in [0.1, 0.15) is 18.2 Å². The Hall–Kier alpha value is -3.46. The predicted molar refractivity (Wildman–Crippen MR) is 113 cm³/mol. The minimum Gasteiger partial charge on any atom is -0.496 e. The Labute approximate surface area is 179 Å². The van der Waals surface area contributed by atoms with Crippen molar-refractivity contribution < 1.29 is 23.8 Å². The average molecular weight is 473 g/mol. The molecule has 0 unspecified atom stereocenters. The minimum absolute atomic E-state index is 0.149. The molecule has 0 aliphatic heterocycles. The van der Waals surface area contributed by atoms with E-state index < -0.39 is 17.5 Å². The molecule has 154 valence electrons. The Kier molecular flexibility index (Phi) is 6.63. The Morgan fingerprint density at radius 2 is 1.97 bits per heavy atom. The standard InChI is InChI=1S/C21H17BrN2O6/c1-28-17-7-5-14(22)9-12(17)4-8-19(25)30-11-18-23-16-10-13(21(27)29-2)3-6-15(16)20(26)24-18/h3-10H,11H2,1-2H3,(H,23,24,26). The highest BCUT2D eigenvalue weighted by atomic mass is 79.9. The van der Waals surface area contributed by atoms with Gasteiger partial charge in [-0.3, -0.25) is 4.79 Å². The van der Waals surface area contributed by atoms with Gasteiger partial charge in [0.2, 0.25) is 0 Å².